The molecule has 14 radical (unpaired) electrons. The van der Waals surface area contributed by atoms with Crippen LogP contribution in [0.4, 0.5) is 0 Å². The Morgan fingerprint density at radius 3 is 1.26 bits per heavy atom. The van der Waals surface area contributed by atoms with Crippen molar-refractivity contribution in [2.24, 2.45) is 0 Å². The first-order chi connectivity index (χ1) is 33.7. The molecule has 0 N–H and O–H groups in total. The van der Waals surface area contributed by atoms with Crippen LogP contribution < -0.4 is 38.2 Å². The van der Waals surface area contributed by atoms with Crippen LogP contribution in [0.3, 0.4) is 0 Å². The molecule has 9 heteroatoms. The van der Waals surface area contributed by atoms with Gasteiger partial charge < -0.3 is 9.13 Å². The van der Waals surface area contributed by atoms with E-state index in [0.717, 1.165) is 83.3 Å². The van der Waals surface area contributed by atoms with Crippen LogP contribution in [0.5, 0.6) is 0 Å². The highest BCUT2D eigenvalue weighted by atomic mass is 15.0. The van der Waals surface area contributed by atoms with Gasteiger partial charge in [-0.05, 0) is 97.9 Å². The number of benzene rings is 10. The third kappa shape index (κ3) is 6.81. The number of aromatic nitrogens is 2. The minimum atomic E-state index is 0.170. The Morgan fingerprint density at radius 2 is 0.681 bits per heavy atom. The molecular formula is C60H33B7N2. The minimum Gasteiger partial charge on any atom is -0.311 e. The van der Waals surface area contributed by atoms with Crippen LogP contribution in [0.1, 0.15) is 0 Å². The predicted molar refractivity (Wildman–Crippen MR) is 300 cm³/mol. The smallest absolute Gasteiger partial charge is 0.115 e. The summed E-state index contributed by atoms with van der Waals surface area (Å²) in [5, 5.41) is 3.20. The SMILES string of the molecule is [B]c1c([B])c([B])c2c(c1[B])c1c([B])c(-c3ccc4c(c3)c3cc(-c5ccccc5)ccc3n4-c3ccccc3-c3ccccc3)c([B])c([B])c1n2-c1ccc(-c2ccc(-c3ccccc3)cc2)cc1. The lowest BCUT2D eigenvalue weighted by Gasteiger charge is -2.19. The van der Waals surface area contributed by atoms with Gasteiger partial charge in [-0.2, -0.15) is 0 Å². The monoisotopic (exact) mass is 858 g/mol. The molecule has 0 fully saturated rings. The van der Waals surface area contributed by atoms with Crippen molar-refractivity contribution in [3.8, 4) is 67.0 Å². The number of para-hydroxylation sites is 1. The van der Waals surface area contributed by atoms with Crippen LogP contribution in [0.25, 0.3) is 111 Å². The van der Waals surface area contributed by atoms with Gasteiger partial charge in [0.05, 0.1) is 16.7 Å². The highest BCUT2D eigenvalue weighted by Gasteiger charge is 2.25. The van der Waals surface area contributed by atoms with Crippen molar-refractivity contribution in [1.29, 1.82) is 0 Å². The van der Waals surface area contributed by atoms with Gasteiger partial charge in [0.25, 0.3) is 0 Å². The highest BCUT2D eigenvalue weighted by molar-refractivity contribution is 6.69. The maximum atomic E-state index is 7.45. The Balaban J connectivity index is 1.07. The maximum absolute atomic E-state index is 7.45. The zero-order chi connectivity index (χ0) is 47.1. The lowest BCUT2D eigenvalue weighted by atomic mass is 9.64. The number of nitrogens with zero attached hydrogens (tertiary/aromatic N) is 2. The lowest BCUT2D eigenvalue weighted by molar-refractivity contribution is 1.18. The van der Waals surface area contributed by atoms with Gasteiger partial charge in [0, 0.05) is 38.4 Å². The maximum Gasteiger partial charge on any atom is 0.115 e. The van der Waals surface area contributed by atoms with E-state index in [1.165, 1.54) is 0 Å². The van der Waals surface area contributed by atoms with Crippen LogP contribution in [-0.2, 0) is 0 Å². The van der Waals surface area contributed by atoms with Gasteiger partial charge in [-0.15, -0.1) is 10.9 Å². The van der Waals surface area contributed by atoms with Crippen LogP contribution in [0.15, 0.2) is 200 Å². The molecule has 2 heterocycles. The molecule has 12 aromatic rings. The molecule has 12 rings (SSSR count). The third-order valence-electron chi connectivity index (χ3n) is 13.8. The fourth-order valence-electron chi connectivity index (χ4n) is 10.3. The zero-order valence-electron chi connectivity index (χ0n) is 37.5. The summed E-state index contributed by atoms with van der Waals surface area (Å²) in [6, 6.07) is 69.4. The van der Waals surface area contributed by atoms with Gasteiger partial charge in [-0.3, -0.25) is 0 Å². The lowest BCUT2D eigenvalue weighted by Crippen LogP contribution is -2.48. The van der Waals surface area contributed by atoms with E-state index in [4.69, 9.17) is 54.9 Å². The molecule has 0 amide bonds. The first kappa shape index (κ1) is 42.6. The fraction of sp³-hybridized carbons (Fsp3) is 0. The van der Waals surface area contributed by atoms with E-state index < -0.39 is 0 Å². The summed E-state index contributed by atoms with van der Waals surface area (Å²) < 4.78 is 4.29. The van der Waals surface area contributed by atoms with E-state index in [9.17, 15) is 0 Å². The molecule has 0 aliphatic heterocycles. The molecule has 0 atom stereocenters. The topological polar surface area (TPSA) is 9.86 Å². The van der Waals surface area contributed by atoms with E-state index in [2.05, 4.69) is 162 Å². The van der Waals surface area contributed by atoms with Gasteiger partial charge in [-0.1, -0.05) is 185 Å². The Labute approximate surface area is 410 Å². The van der Waals surface area contributed by atoms with Crippen LogP contribution in [0, 0.1) is 0 Å². The minimum absolute atomic E-state index is 0.170. The van der Waals surface area contributed by atoms with Crippen LogP contribution in [-0.4, -0.2) is 64.1 Å². The Kier molecular flexibility index (Phi) is 10.4. The summed E-state index contributed by atoms with van der Waals surface area (Å²) in [5.41, 5.74) is 17.0. The van der Waals surface area contributed by atoms with Crippen molar-refractivity contribution in [3.05, 3.63) is 200 Å². The molecule has 304 valence electrons. The quantitative estimate of drug-likeness (QED) is 0.145. The van der Waals surface area contributed by atoms with Crippen molar-refractivity contribution in [2.75, 3.05) is 0 Å². The average Bonchev–Trinajstić information content (AvgIpc) is 3.94. The standard InChI is InChI=1S/C60H33B7N2/c61-52-49(41-27-31-48-45(33-41)44-32-40(35-14-6-2-7-15-35)26-30-47(44)69(48)46-19-11-10-18-43(46)39-16-8-3-9-17-39)53(62)57(66)59-50(52)51-54(63)55(64)56(65)58(67)60(51)68(59)42-28-24-38(25-29-42)37-22-20-36(21-23-37)34-12-4-1-5-13-34/h1-33H. The zero-order valence-corrected chi connectivity index (χ0v) is 37.5. The largest absolute Gasteiger partial charge is 0.311 e. The van der Waals surface area contributed by atoms with Gasteiger partial charge in [0.2, 0.25) is 0 Å². The molecule has 0 aliphatic carbocycles. The summed E-state index contributed by atoms with van der Waals surface area (Å²) in [7, 11) is 49.1. The van der Waals surface area contributed by atoms with Crippen molar-refractivity contribution >= 4 is 137 Å². The van der Waals surface area contributed by atoms with Crippen LogP contribution in [0.2, 0.25) is 0 Å². The van der Waals surface area contributed by atoms with E-state index in [0.29, 0.717) is 43.8 Å². The Morgan fingerprint density at radius 1 is 0.275 bits per heavy atom. The second-order valence-electron chi connectivity index (χ2n) is 17.6. The summed E-state index contributed by atoms with van der Waals surface area (Å²) in [5.74, 6) is 0. The van der Waals surface area contributed by atoms with E-state index in [1.807, 2.05) is 47.0 Å². The van der Waals surface area contributed by atoms with Gasteiger partial charge in [-0.25, -0.2) is 0 Å². The summed E-state index contributed by atoms with van der Waals surface area (Å²) in [6.45, 7) is 0. The van der Waals surface area contributed by atoms with Crippen molar-refractivity contribution in [1.82, 2.24) is 9.13 Å². The van der Waals surface area contributed by atoms with Gasteiger partial charge in [0.1, 0.15) is 54.9 Å². The van der Waals surface area contributed by atoms with E-state index >= 15 is 0 Å². The fourth-order valence-corrected chi connectivity index (χ4v) is 10.3. The third-order valence-corrected chi connectivity index (χ3v) is 13.8. The Bertz CT molecular complexity index is 3990. The molecule has 0 saturated carbocycles. The van der Waals surface area contributed by atoms with Crippen LogP contribution >= 0.6 is 0 Å². The van der Waals surface area contributed by atoms with Gasteiger partial charge >= 0.3 is 0 Å². The molecule has 0 saturated heterocycles. The molecule has 0 bridgehead atoms. The number of hydrogen-bond donors (Lipinski definition) is 0. The second-order valence-corrected chi connectivity index (χ2v) is 17.6. The molecule has 0 aliphatic rings. The molecule has 10 aromatic carbocycles. The molecule has 2 nitrogen and oxygen atoms in total. The molecule has 2 aromatic heterocycles. The molecule has 69 heavy (non-hydrogen) atoms. The van der Waals surface area contributed by atoms with E-state index in [-0.39, 0.29) is 21.9 Å². The first-order valence-corrected chi connectivity index (χ1v) is 22.8. The first-order valence-electron chi connectivity index (χ1n) is 22.8. The molecule has 0 unspecified atom stereocenters. The van der Waals surface area contributed by atoms with E-state index in [1.54, 1.807) is 0 Å². The summed E-state index contributed by atoms with van der Waals surface area (Å²) in [6.07, 6.45) is 0. The summed E-state index contributed by atoms with van der Waals surface area (Å²) >= 11 is 0. The number of fused-ring (bicyclic) bond motifs is 6. The Hall–Kier alpha value is -7.75. The highest BCUT2D eigenvalue weighted by Crippen LogP contribution is 2.40. The normalized spacial score (nSPS) is 11.6. The number of rotatable bonds is 7. The second kappa shape index (κ2) is 16.8. The van der Waals surface area contributed by atoms with Crippen molar-refractivity contribution < 1.29 is 0 Å². The van der Waals surface area contributed by atoms with Crippen molar-refractivity contribution in [2.45, 2.75) is 0 Å². The predicted octanol–water partition coefficient (Wildman–Crippen LogP) is 7.77. The molecular weight excluding hydrogens is 824 g/mol. The van der Waals surface area contributed by atoms with Gasteiger partial charge in [0.15, 0.2) is 0 Å². The molecule has 0 spiro atoms. The summed E-state index contributed by atoms with van der Waals surface area (Å²) in [4.78, 5) is 0. The average molecular weight is 858 g/mol. The van der Waals surface area contributed by atoms with Crippen molar-refractivity contribution in [3.63, 3.8) is 0 Å². The number of hydrogen-bond acceptors (Lipinski definition) is 0.